The molecule has 144 valence electrons. The molecule has 4 rings (SSSR count). The maximum atomic E-state index is 13.3. The van der Waals surface area contributed by atoms with Crippen molar-refractivity contribution in [3.8, 4) is 5.69 Å². The first kappa shape index (κ1) is 18.2. The summed E-state index contributed by atoms with van der Waals surface area (Å²) in [5.74, 6) is 1.99. The molecule has 1 aliphatic rings. The molecule has 1 aromatic heterocycles. The number of anilines is 2. The number of hydrogen-bond acceptors (Lipinski definition) is 4. The van der Waals surface area contributed by atoms with Crippen LogP contribution < -0.4 is 10.2 Å². The van der Waals surface area contributed by atoms with Crippen LogP contribution in [0.2, 0.25) is 0 Å². The lowest BCUT2D eigenvalue weighted by Gasteiger charge is -2.37. The Kier molecular flexibility index (Phi) is 4.63. The molecule has 1 aliphatic heterocycles. The Balaban J connectivity index is 1.64. The number of para-hydroxylation sites is 2. The predicted molar refractivity (Wildman–Crippen MR) is 111 cm³/mol. The van der Waals surface area contributed by atoms with Crippen molar-refractivity contribution in [2.75, 3.05) is 16.8 Å². The largest absolute Gasteiger partial charge is 0.379 e. The fourth-order valence-electron chi connectivity index (χ4n) is 3.61. The summed E-state index contributed by atoms with van der Waals surface area (Å²) in [7, 11) is 0. The van der Waals surface area contributed by atoms with Crippen LogP contribution in [0.4, 0.5) is 11.4 Å². The lowest BCUT2D eigenvalue weighted by Crippen LogP contribution is -2.47. The molecule has 0 spiro atoms. The molecule has 1 amide bonds. The minimum absolute atomic E-state index is 0.0117. The van der Waals surface area contributed by atoms with Gasteiger partial charge in [-0.3, -0.25) is 4.79 Å². The SMILES string of the molecule is Cc1nc(C)n(-c2ccc(C(=O)N3C[C@@H](C(C)C)Nc4ccccc43)cc2)n1. The van der Waals surface area contributed by atoms with Crippen molar-refractivity contribution in [1.29, 1.82) is 0 Å². The van der Waals surface area contributed by atoms with E-state index in [1.807, 2.05) is 67.3 Å². The van der Waals surface area contributed by atoms with E-state index >= 15 is 0 Å². The first-order valence-electron chi connectivity index (χ1n) is 9.62. The number of benzene rings is 2. The van der Waals surface area contributed by atoms with Crippen LogP contribution in [0.5, 0.6) is 0 Å². The Morgan fingerprint density at radius 3 is 2.46 bits per heavy atom. The van der Waals surface area contributed by atoms with Crippen molar-refractivity contribution < 1.29 is 4.79 Å². The molecule has 28 heavy (non-hydrogen) atoms. The van der Waals surface area contributed by atoms with Crippen LogP contribution >= 0.6 is 0 Å². The van der Waals surface area contributed by atoms with Crippen LogP contribution in [0, 0.1) is 19.8 Å². The molecule has 0 bridgehead atoms. The lowest BCUT2D eigenvalue weighted by atomic mass is 9.99. The van der Waals surface area contributed by atoms with Crippen molar-refractivity contribution in [3.05, 3.63) is 65.7 Å². The minimum Gasteiger partial charge on any atom is -0.379 e. The summed E-state index contributed by atoms with van der Waals surface area (Å²) in [6.07, 6.45) is 0. The van der Waals surface area contributed by atoms with Crippen molar-refractivity contribution in [3.63, 3.8) is 0 Å². The Bertz CT molecular complexity index is 1010. The zero-order valence-corrected chi connectivity index (χ0v) is 16.7. The van der Waals surface area contributed by atoms with Gasteiger partial charge in [0, 0.05) is 18.2 Å². The first-order chi connectivity index (χ1) is 13.4. The highest BCUT2D eigenvalue weighted by Crippen LogP contribution is 2.33. The molecule has 0 fully saturated rings. The molecule has 0 radical (unpaired) electrons. The van der Waals surface area contributed by atoms with Crippen LogP contribution in [-0.2, 0) is 0 Å². The highest BCUT2D eigenvalue weighted by Gasteiger charge is 2.30. The van der Waals surface area contributed by atoms with Gasteiger partial charge in [0.15, 0.2) is 0 Å². The van der Waals surface area contributed by atoms with E-state index in [9.17, 15) is 4.79 Å². The van der Waals surface area contributed by atoms with Gasteiger partial charge in [-0.05, 0) is 56.2 Å². The number of fused-ring (bicyclic) bond motifs is 1. The summed E-state index contributed by atoms with van der Waals surface area (Å²) in [5, 5.41) is 7.97. The zero-order valence-electron chi connectivity index (χ0n) is 16.7. The van der Waals surface area contributed by atoms with E-state index in [1.165, 1.54) is 0 Å². The molecule has 2 heterocycles. The number of carbonyl (C=O) groups excluding carboxylic acids is 1. The van der Waals surface area contributed by atoms with Crippen LogP contribution in [0.3, 0.4) is 0 Å². The van der Waals surface area contributed by atoms with Crippen LogP contribution in [0.15, 0.2) is 48.5 Å². The van der Waals surface area contributed by atoms with Gasteiger partial charge in [-0.1, -0.05) is 26.0 Å². The summed E-state index contributed by atoms with van der Waals surface area (Å²) in [4.78, 5) is 19.5. The molecule has 0 aliphatic carbocycles. The van der Waals surface area contributed by atoms with Crippen LogP contribution in [0.1, 0.15) is 35.9 Å². The van der Waals surface area contributed by atoms with Crippen molar-refractivity contribution in [2.45, 2.75) is 33.7 Å². The predicted octanol–water partition coefficient (Wildman–Crippen LogP) is 3.98. The van der Waals surface area contributed by atoms with E-state index in [2.05, 4.69) is 29.2 Å². The molecule has 1 N–H and O–H groups in total. The molecular weight excluding hydrogens is 350 g/mol. The monoisotopic (exact) mass is 375 g/mol. The number of nitrogens with one attached hydrogen (secondary N) is 1. The molecule has 3 aromatic rings. The number of aromatic nitrogens is 3. The van der Waals surface area contributed by atoms with Gasteiger partial charge < -0.3 is 10.2 Å². The van der Waals surface area contributed by atoms with Crippen molar-refractivity contribution in [1.82, 2.24) is 14.8 Å². The van der Waals surface area contributed by atoms with Crippen molar-refractivity contribution in [2.24, 2.45) is 5.92 Å². The standard InChI is InChI=1S/C22H25N5O/c1-14(2)20-13-26(21-8-6-5-7-19(21)24-20)22(28)17-9-11-18(12-10-17)27-16(4)23-15(3)25-27/h5-12,14,20,24H,13H2,1-4H3/t20-/m0/s1. The quantitative estimate of drug-likeness (QED) is 0.752. The van der Waals surface area contributed by atoms with Gasteiger partial charge in [0.05, 0.1) is 17.1 Å². The van der Waals surface area contributed by atoms with Gasteiger partial charge in [0.2, 0.25) is 0 Å². The molecule has 6 nitrogen and oxygen atoms in total. The summed E-state index contributed by atoms with van der Waals surface area (Å²) in [5.41, 5.74) is 3.50. The summed E-state index contributed by atoms with van der Waals surface area (Å²) in [6.45, 7) is 8.78. The zero-order chi connectivity index (χ0) is 19.8. The topological polar surface area (TPSA) is 63.1 Å². The van der Waals surface area contributed by atoms with E-state index < -0.39 is 0 Å². The third kappa shape index (κ3) is 3.26. The van der Waals surface area contributed by atoms with Gasteiger partial charge in [-0.25, -0.2) is 9.67 Å². The minimum atomic E-state index is 0.0117. The van der Waals surface area contributed by atoms with Gasteiger partial charge in [-0.15, -0.1) is 0 Å². The number of aryl methyl sites for hydroxylation is 2. The number of hydrogen-bond donors (Lipinski definition) is 1. The second-order valence-corrected chi connectivity index (χ2v) is 7.59. The van der Waals surface area contributed by atoms with Gasteiger partial charge in [0.1, 0.15) is 11.6 Å². The van der Waals surface area contributed by atoms with Crippen LogP contribution in [-0.4, -0.2) is 33.3 Å². The lowest BCUT2D eigenvalue weighted by molar-refractivity contribution is 0.0983. The average Bonchev–Trinajstić information content (AvgIpc) is 3.04. The van der Waals surface area contributed by atoms with E-state index in [0.717, 1.165) is 28.7 Å². The molecule has 2 aromatic carbocycles. The highest BCUT2D eigenvalue weighted by atomic mass is 16.2. The van der Waals surface area contributed by atoms with E-state index in [1.54, 1.807) is 4.68 Å². The fourth-order valence-corrected chi connectivity index (χ4v) is 3.61. The molecule has 0 saturated carbocycles. The normalized spacial score (nSPS) is 16.0. The fraction of sp³-hybridized carbons (Fsp3) is 0.318. The third-order valence-electron chi connectivity index (χ3n) is 5.20. The first-order valence-corrected chi connectivity index (χ1v) is 9.62. The Morgan fingerprint density at radius 1 is 1.11 bits per heavy atom. The molecule has 1 atom stereocenters. The maximum absolute atomic E-state index is 13.3. The van der Waals surface area contributed by atoms with Gasteiger partial charge in [0.25, 0.3) is 5.91 Å². The Labute approximate surface area is 165 Å². The smallest absolute Gasteiger partial charge is 0.258 e. The van der Waals surface area contributed by atoms with Gasteiger partial charge in [-0.2, -0.15) is 5.10 Å². The summed E-state index contributed by atoms with van der Waals surface area (Å²) in [6, 6.07) is 15.8. The number of amides is 1. The Hall–Kier alpha value is -3.15. The Morgan fingerprint density at radius 2 is 1.82 bits per heavy atom. The number of nitrogens with zero attached hydrogens (tertiary/aromatic N) is 4. The van der Waals surface area contributed by atoms with E-state index in [4.69, 9.17) is 0 Å². The molecule has 0 saturated heterocycles. The highest BCUT2D eigenvalue weighted by molar-refractivity contribution is 6.08. The summed E-state index contributed by atoms with van der Waals surface area (Å²) < 4.78 is 1.79. The van der Waals surface area contributed by atoms with Crippen LogP contribution in [0.25, 0.3) is 5.69 Å². The summed E-state index contributed by atoms with van der Waals surface area (Å²) >= 11 is 0. The van der Waals surface area contributed by atoms with Gasteiger partial charge >= 0.3 is 0 Å². The molecule has 0 unspecified atom stereocenters. The second-order valence-electron chi connectivity index (χ2n) is 7.59. The van der Waals surface area contributed by atoms with E-state index in [0.29, 0.717) is 18.0 Å². The maximum Gasteiger partial charge on any atom is 0.258 e. The molecular formula is C22H25N5O. The van der Waals surface area contributed by atoms with Crippen molar-refractivity contribution >= 4 is 17.3 Å². The second kappa shape index (κ2) is 7.11. The third-order valence-corrected chi connectivity index (χ3v) is 5.20. The molecule has 6 heteroatoms. The van der Waals surface area contributed by atoms with E-state index in [-0.39, 0.29) is 11.9 Å². The number of carbonyl (C=O) groups is 1. The number of rotatable bonds is 3. The average molecular weight is 375 g/mol.